The normalized spacial score (nSPS) is 15.1. The van der Waals surface area contributed by atoms with Crippen LogP contribution in [0.25, 0.3) is 0 Å². The Hall–Kier alpha value is -3.34. The van der Waals surface area contributed by atoms with Crippen molar-refractivity contribution in [2.75, 3.05) is 30.7 Å². The molecule has 9 nitrogen and oxygen atoms in total. The molecule has 0 radical (unpaired) electrons. The number of aliphatic carboxylic acids is 1. The molecule has 0 spiro atoms. The third-order valence-corrected chi connectivity index (χ3v) is 8.66. The maximum Gasteiger partial charge on any atom is 0.304 e. The summed E-state index contributed by atoms with van der Waals surface area (Å²) in [6, 6.07) is 11.9. The quantitative estimate of drug-likeness (QED) is 0.309. The molecule has 1 unspecified atom stereocenters. The second-order valence-electron chi connectivity index (χ2n) is 8.77. The lowest BCUT2D eigenvalue weighted by Crippen LogP contribution is -2.32. The molecule has 0 amide bonds. The molecule has 1 aliphatic rings. The molecule has 39 heavy (non-hydrogen) atoms. The molecule has 0 fully saturated rings. The summed E-state index contributed by atoms with van der Waals surface area (Å²) in [5.41, 5.74) is 10.5. The van der Waals surface area contributed by atoms with Crippen molar-refractivity contribution in [3.63, 3.8) is 0 Å². The predicted octanol–water partition coefficient (Wildman–Crippen LogP) is 5.27. The first kappa shape index (κ1) is 30.2. The molecule has 1 aliphatic heterocycles. The van der Waals surface area contributed by atoms with Crippen LogP contribution in [-0.2, 0) is 21.4 Å². The average molecular weight is 575 g/mol. The summed E-state index contributed by atoms with van der Waals surface area (Å²) in [6.07, 6.45) is 1.31. The molecule has 210 valence electrons. The SMILES string of the molecule is CC.CCNc1ccc(C(CC(=O)O)c2ccc(Cl)c(CN3CCOc4ncccc4S3(=O)=O)c2)c(C)c1N. The van der Waals surface area contributed by atoms with Crippen LogP contribution >= 0.6 is 11.6 Å². The topological polar surface area (TPSA) is 135 Å². The molecule has 0 saturated heterocycles. The van der Waals surface area contributed by atoms with Gasteiger partial charge in [0.1, 0.15) is 11.5 Å². The Labute approximate surface area is 235 Å². The maximum atomic E-state index is 13.4. The molecule has 0 aliphatic carbocycles. The highest BCUT2D eigenvalue weighted by molar-refractivity contribution is 7.89. The van der Waals surface area contributed by atoms with E-state index in [4.69, 9.17) is 22.1 Å². The lowest BCUT2D eigenvalue weighted by Gasteiger charge is -2.24. The van der Waals surface area contributed by atoms with E-state index in [0.717, 1.165) is 16.8 Å². The van der Waals surface area contributed by atoms with E-state index in [1.165, 1.54) is 16.6 Å². The molecule has 11 heteroatoms. The number of carbonyl (C=O) groups is 1. The van der Waals surface area contributed by atoms with Crippen molar-refractivity contribution in [2.24, 2.45) is 0 Å². The van der Waals surface area contributed by atoms with Crippen LogP contribution in [0, 0.1) is 6.92 Å². The Kier molecular flexibility index (Phi) is 10.2. The smallest absolute Gasteiger partial charge is 0.304 e. The fourth-order valence-corrected chi connectivity index (χ4v) is 6.18. The molecule has 0 bridgehead atoms. The number of pyridine rings is 1. The molecule has 1 atom stereocenters. The molecular weight excluding hydrogens is 540 g/mol. The molecule has 3 aromatic rings. The van der Waals surface area contributed by atoms with Gasteiger partial charge in [-0.05, 0) is 60.4 Å². The highest BCUT2D eigenvalue weighted by atomic mass is 35.5. The van der Waals surface area contributed by atoms with Gasteiger partial charge in [0.05, 0.1) is 17.8 Å². The highest BCUT2D eigenvalue weighted by Crippen LogP contribution is 2.37. The van der Waals surface area contributed by atoms with Crippen LogP contribution in [0.1, 0.15) is 55.4 Å². The number of carboxylic acids is 1. The van der Waals surface area contributed by atoms with Gasteiger partial charge in [-0.15, -0.1) is 0 Å². The first-order valence-electron chi connectivity index (χ1n) is 12.8. The fraction of sp³-hybridized carbons (Fsp3) is 0.357. The van der Waals surface area contributed by atoms with Gasteiger partial charge in [-0.2, -0.15) is 4.31 Å². The lowest BCUT2D eigenvalue weighted by atomic mass is 9.84. The number of benzene rings is 2. The summed E-state index contributed by atoms with van der Waals surface area (Å²) in [5, 5.41) is 13.3. The molecule has 0 saturated carbocycles. The molecule has 4 N–H and O–H groups in total. The van der Waals surface area contributed by atoms with Crippen molar-refractivity contribution in [1.29, 1.82) is 0 Å². The summed E-state index contributed by atoms with van der Waals surface area (Å²) in [4.78, 5) is 15.9. The van der Waals surface area contributed by atoms with Gasteiger partial charge in [0.15, 0.2) is 0 Å². The number of carboxylic acid groups (broad SMARTS) is 1. The summed E-state index contributed by atoms with van der Waals surface area (Å²) < 4.78 is 33.6. The van der Waals surface area contributed by atoms with Gasteiger partial charge in [-0.1, -0.05) is 43.6 Å². The number of fused-ring (bicyclic) bond motifs is 1. The van der Waals surface area contributed by atoms with E-state index in [1.807, 2.05) is 39.8 Å². The largest absolute Gasteiger partial charge is 0.481 e. The Morgan fingerprint density at radius 2 is 2.00 bits per heavy atom. The number of hydrogen-bond donors (Lipinski definition) is 3. The van der Waals surface area contributed by atoms with Gasteiger partial charge in [-0.25, -0.2) is 13.4 Å². The van der Waals surface area contributed by atoms with Gasteiger partial charge in [-0.3, -0.25) is 4.79 Å². The minimum absolute atomic E-state index is 0.00425. The number of rotatable bonds is 8. The molecule has 1 aromatic heterocycles. The summed E-state index contributed by atoms with van der Waals surface area (Å²) in [7, 11) is -3.89. The van der Waals surface area contributed by atoms with Crippen LogP contribution < -0.4 is 15.8 Å². The number of ether oxygens (including phenoxy) is 1. The Bertz CT molecular complexity index is 1430. The lowest BCUT2D eigenvalue weighted by molar-refractivity contribution is -0.137. The van der Waals surface area contributed by atoms with Crippen molar-refractivity contribution in [1.82, 2.24) is 9.29 Å². The maximum absolute atomic E-state index is 13.4. The third-order valence-electron chi connectivity index (χ3n) is 6.43. The van der Waals surface area contributed by atoms with Crippen molar-refractivity contribution in [2.45, 2.75) is 51.5 Å². The zero-order valence-corrected chi connectivity index (χ0v) is 24.1. The fourth-order valence-electron chi connectivity index (χ4n) is 4.52. The third kappa shape index (κ3) is 6.63. The summed E-state index contributed by atoms with van der Waals surface area (Å²) in [5.74, 6) is -1.41. The van der Waals surface area contributed by atoms with Crippen molar-refractivity contribution >= 4 is 39.0 Å². The van der Waals surface area contributed by atoms with Crippen LogP contribution in [0.5, 0.6) is 5.88 Å². The first-order valence-corrected chi connectivity index (χ1v) is 14.7. The minimum atomic E-state index is -3.89. The van der Waals surface area contributed by atoms with E-state index in [0.29, 0.717) is 28.4 Å². The number of hydrogen-bond acceptors (Lipinski definition) is 7. The van der Waals surface area contributed by atoms with E-state index in [2.05, 4.69) is 10.3 Å². The number of aromatic nitrogens is 1. The Morgan fingerprint density at radius 1 is 1.26 bits per heavy atom. The molecule has 2 aromatic carbocycles. The number of nitrogens with two attached hydrogens (primary N) is 1. The number of sulfonamides is 1. The van der Waals surface area contributed by atoms with Gasteiger partial charge < -0.3 is 20.9 Å². The van der Waals surface area contributed by atoms with Crippen LogP contribution in [0.2, 0.25) is 5.02 Å². The summed E-state index contributed by atoms with van der Waals surface area (Å²) in [6.45, 7) is 8.78. The Balaban J connectivity index is 0.00000205. The first-order chi connectivity index (χ1) is 18.6. The molecule has 2 heterocycles. The zero-order valence-electron chi connectivity index (χ0n) is 22.6. The molecular formula is C28H35ClN4O5S. The number of nitrogens with one attached hydrogen (secondary N) is 1. The second-order valence-corrected chi connectivity index (χ2v) is 11.1. The number of halogens is 1. The summed E-state index contributed by atoms with van der Waals surface area (Å²) >= 11 is 6.51. The van der Waals surface area contributed by atoms with E-state index in [1.54, 1.807) is 24.3 Å². The average Bonchev–Trinajstić information content (AvgIpc) is 3.04. The second kappa shape index (κ2) is 13.1. The van der Waals surface area contributed by atoms with Crippen molar-refractivity contribution in [3.8, 4) is 5.88 Å². The standard InChI is InChI=1S/C26H29ClN4O5S.C2H6/c1-3-29-22-9-7-19(16(2)25(22)28)20(14-24(32)33)17-6-8-21(27)18(13-17)15-31-11-12-36-26-23(37(31,34)35)5-4-10-30-26;1-2/h4-10,13,20,29H,3,11-12,14-15,28H2,1-2H3,(H,32,33);1-2H3. The number of nitrogen functional groups attached to an aromatic ring is 1. The van der Waals surface area contributed by atoms with E-state index >= 15 is 0 Å². The van der Waals surface area contributed by atoms with Gasteiger partial charge in [0.2, 0.25) is 15.9 Å². The van der Waals surface area contributed by atoms with E-state index in [-0.39, 0.29) is 36.9 Å². The van der Waals surface area contributed by atoms with Crippen molar-refractivity contribution in [3.05, 3.63) is 75.9 Å². The highest BCUT2D eigenvalue weighted by Gasteiger charge is 2.32. The van der Waals surface area contributed by atoms with E-state index < -0.39 is 21.9 Å². The Morgan fingerprint density at radius 3 is 2.69 bits per heavy atom. The van der Waals surface area contributed by atoms with Crippen molar-refractivity contribution < 1.29 is 23.1 Å². The van der Waals surface area contributed by atoms with E-state index in [9.17, 15) is 18.3 Å². The zero-order chi connectivity index (χ0) is 28.7. The van der Waals surface area contributed by atoms with Gasteiger partial charge >= 0.3 is 5.97 Å². The monoisotopic (exact) mass is 574 g/mol. The van der Waals surface area contributed by atoms with Crippen LogP contribution in [-0.4, -0.2) is 48.5 Å². The number of anilines is 2. The number of nitrogens with zero attached hydrogens (tertiary/aromatic N) is 2. The van der Waals surface area contributed by atoms with Crippen LogP contribution in [0.4, 0.5) is 11.4 Å². The predicted molar refractivity (Wildman–Crippen MR) is 154 cm³/mol. The van der Waals surface area contributed by atoms with Crippen LogP contribution in [0.15, 0.2) is 53.6 Å². The van der Waals surface area contributed by atoms with Gasteiger partial charge in [0, 0.05) is 36.8 Å². The molecule has 4 rings (SSSR count). The minimum Gasteiger partial charge on any atom is -0.481 e. The van der Waals surface area contributed by atoms with Crippen LogP contribution in [0.3, 0.4) is 0 Å². The van der Waals surface area contributed by atoms with Gasteiger partial charge in [0.25, 0.3) is 0 Å².